The second kappa shape index (κ2) is 6.86. The number of aliphatic carboxylic acids is 1. The van der Waals surface area contributed by atoms with Crippen molar-refractivity contribution in [2.45, 2.75) is 44.8 Å². The molecule has 1 heterocycles. The molecule has 1 aromatic rings. The van der Waals surface area contributed by atoms with E-state index in [1.807, 2.05) is 25.1 Å². The van der Waals surface area contributed by atoms with E-state index < -0.39 is 5.97 Å². The molecular weight excluding hydrogens is 252 g/mol. The van der Waals surface area contributed by atoms with Crippen molar-refractivity contribution in [1.29, 1.82) is 0 Å². The molecule has 1 aromatic carbocycles. The van der Waals surface area contributed by atoms with Gasteiger partial charge in [0.15, 0.2) is 0 Å². The van der Waals surface area contributed by atoms with Crippen LogP contribution < -0.4 is 5.73 Å². The average molecular weight is 276 g/mol. The van der Waals surface area contributed by atoms with Gasteiger partial charge in [-0.2, -0.15) is 0 Å². The standard InChI is InChI=1S/C16H24N2O2/c1-2-14(16(19)20)15-9-8-13(17)11-18(15)10-12-6-4-3-5-7-12/h3-7,13-15H,2,8-11,17H2,1H3,(H,19,20)/t13-,14?,15-/m1/s1. The maximum atomic E-state index is 11.5. The van der Waals surface area contributed by atoms with Crippen molar-refractivity contribution >= 4 is 5.97 Å². The molecule has 0 aliphatic carbocycles. The SMILES string of the molecule is CCC(C(=O)O)[C@H]1CC[C@@H](N)CN1Cc1ccccc1. The number of nitrogens with zero attached hydrogens (tertiary/aromatic N) is 1. The summed E-state index contributed by atoms with van der Waals surface area (Å²) in [7, 11) is 0. The summed E-state index contributed by atoms with van der Waals surface area (Å²) in [4.78, 5) is 13.7. The number of carboxylic acid groups (broad SMARTS) is 1. The summed E-state index contributed by atoms with van der Waals surface area (Å²) >= 11 is 0. The normalized spacial score (nSPS) is 25.3. The highest BCUT2D eigenvalue weighted by Crippen LogP contribution is 2.27. The van der Waals surface area contributed by atoms with Gasteiger partial charge in [-0.3, -0.25) is 9.69 Å². The van der Waals surface area contributed by atoms with Gasteiger partial charge in [0.2, 0.25) is 0 Å². The molecule has 20 heavy (non-hydrogen) atoms. The molecule has 1 aliphatic rings. The first-order chi connectivity index (χ1) is 9.61. The van der Waals surface area contributed by atoms with Crippen LogP contribution in [-0.4, -0.2) is 34.6 Å². The van der Waals surface area contributed by atoms with Crippen LogP contribution >= 0.6 is 0 Å². The Morgan fingerprint density at radius 3 is 2.70 bits per heavy atom. The van der Waals surface area contributed by atoms with Crippen molar-refractivity contribution in [1.82, 2.24) is 4.90 Å². The van der Waals surface area contributed by atoms with Gasteiger partial charge < -0.3 is 10.8 Å². The minimum absolute atomic E-state index is 0.0949. The number of piperidine rings is 1. The van der Waals surface area contributed by atoms with Crippen LogP contribution in [0, 0.1) is 5.92 Å². The van der Waals surface area contributed by atoms with Gasteiger partial charge in [0.05, 0.1) is 5.92 Å². The van der Waals surface area contributed by atoms with Crippen LogP contribution in [0.1, 0.15) is 31.7 Å². The second-order valence-corrected chi connectivity index (χ2v) is 5.67. The predicted octanol–water partition coefficient (Wildman–Crippen LogP) is 2.09. The molecular formula is C16H24N2O2. The van der Waals surface area contributed by atoms with E-state index in [0.29, 0.717) is 6.42 Å². The molecule has 1 aliphatic heterocycles. The summed E-state index contributed by atoms with van der Waals surface area (Å²) in [5.41, 5.74) is 7.28. The molecule has 0 bridgehead atoms. The monoisotopic (exact) mass is 276 g/mol. The average Bonchev–Trinajstić information content (AvgIpc) is 2.43. The molecule has 2 rings (SSSR count). The Labute approximate surface area is 120 Å². The van der Waals surface area contributed by atoms with E-state index in [9.17, 15) is 9.90 Å². The van der Waals surface area contributed by atoms with Crippen LogP contribution in [0.3, 0.4) is 0 Å². The Kier molecular flexibility index (Phi) is 5.15. The van der Waals surface area contributed by atoms with E-state index in [0.717, 1.165) is 25.9 Å². The minimum Gasteiger partial charge on any atom is -0.481 e. The van der Waals surface area contributed by atoms with Crippen LogP contribution in [0.5, 0.6) is 0 Å². The van der Waals surface area contributed by atoms with Crippen LogP contribution in [0.2, 0.25) is 0 Å². The number of hydrogen-bond donors (Lipinski definition) is 2. The van der Waals surface area contributed by atoms with Gasteiger partial charge in [-0.15, -0.1) is 0 Å². The molecule has 3 atom stereocenters. The van der Waals surface area contributed by atoms with Gasteiger partial charge in [0.1, 0.15) is 0 Å². The van der Waals surface area contributed by atoms with Crippen molar-refractivity contribution in [3.8, 4) is 0 Å². The third-order valence-electron chi connectivity index (χ3n) is 4.22. The van der Waals surface area contributed by atoms with Crippen molar-refractivity contribution in [2.75, 3.05) is 6.54 Å². The molecule has 3 N–H and O–H groups in total. The van der Waals surface area contributed by atoms with E-state index in [2.05, 4.69) is 17.0 Å². The Morgan fingerprint density at radius 2 is 2.10 bits per heavy atom. The zero-order valence-corrected chi connectivity index (χ0v) is 12.0. The Bertz CT molecular complexity index is 435. The maximum Gasteiger partial charge on any atom is 0.308 e. The molecule has 1 saturated heterocycles. The predicted molar refractivity (Wildman–Crippen MR) is 79.3 cm³/mol. The molecule has 4 heteroatoms. The first-order valence-corrected chi connectivity index (χ1v) is 7.38. The summed E-state index contributed by atoms with van der Waals surface area (Å²) < 4.78 is 0. The number of carboxylic acids is 1. The first kappa shape index (κ1) is 15.0. The molecule has 0 spiro atoms. The lowest BCUT2D eigenvalue weighted by Gasteiger charge is -2.41. The van der Waals surface area contributed by atoms with E-state index in [1.54, 1.807) is 0 Å². The largest absolute Gasteiger partial charge is 0.481 e. The topological polar surface area (TPSA) is 66.6 Å². The lowest BCUT2D eigenvalue weighted by Crippen LogP contribution is -2.52. The fourth-order valence-electron chi connectivity index (χ4n) is 3.16. The third-order valence-corrected chi connectivity index (χ3v) is 4.22. The van der Waals surface area contributed by atoms with Crippen molar-refractivity contribution in [3.63, 3.8) is 0 Å². The van der Waals surface area contributed by atoms with Gasteiger partial charge >= 0.3 is 5.97 Å². The zero-order valence-electron chi connectivity index (χ0n) is 12.0. The molecule has 0 radical (unpaired) electrons. The minimum atomic E-state index is -0.689. The molecule has 110 valence electrons. The van der Waals surface area contributed by atoms with Gasteiger partial charge in [-0.25, -0.2) is 0 Å². The second-order valence-electron chi connectivity index (χ2n) is 5.67. The van der Waals surface area contributed by atoms with E-state index >= 15 is 0 Å². The van der Waals surface area contributed by atoms with Crippen molar-refractivity contribution in [2.24, 2.45) is 11.7 Å². The Morgan fingerprint density at radius 1 is 1.40 bits per heavy atom. The first-order valence-electron chi connectivity index (χ1n) is 7.38. The quantitative estimate of drug-likeness (QED) is 0.864. The fourth-order valence-corrected chi connectivity index (χ4v) is 3.16. The van der Waals surface area contributed by atoms with Crippen LogP contribution in [0.15, 0.2) is 30.3 Å². The Balaban J connectivity index is 2.14. The van der Waals surface area contributed by atoms with Gasteiger partial charge in [0.25, 0.3) is 0 Å². The lowest BCUT2D eigenvalue weighted by atomic mass is 9.86. The van der Waals surface area contributed by atoms with Gasteiger partial charge in [-0.05, 0) is 24.8 Å². The van der Waals surface area contributed by atoms with E-state index in [4.69, 9.17) is 5.73 Å². The van der Waals surface area contributed by atoms with Crippen molar-refractivity contribution < 1.29 is 9.90 Å². The Hall–Kier alpha value is -1.39. The molecule has 4 nitrogen and oxygen atoms in total. The van der Waals surface area contributed by atoms with E-state index in [1.165, 1.54) is 5.56 Å². The number of rotatable bonds is 5. The van der Waals surface area contributed by atoms with Crippen LogP contribution in [0.25, 0.3) is 0 Å². The summed E-state index contributed by atoms with van der Waals surface area (Å²) in [6.07, 6.45) is 2.46. The van der Waals surface area contributed by atoms with Crippen molar-refractivity contribution in [3.05, 3.63) is 35.9 Å². The zero-order chi connectivity index (χ0) is 14.5. The van der Waals surface area contributed by atoms with Gasteiger partial charge in [-0.1, -0.05) is 37.3 Å². The van der Waals surface area contributed by atoms with E-state index in [-0.39, 0.29) is 18.0 Å². The highest BCUT2D eigenvalue weighted by molar-refractivity contribution is 5.70. The molecule has 1 fully saturated rings. The summed E-state index contributed by atoms with van der Waals surface area (Å²) in [5.74, 6) is -0.989. The fraction of sp³-hybridized carbons (Fsp3) is 0.562. The molecule has 0 saturated carbocycles. The lowest BCUT2D eigenvalue weighted by molar-refractivity contribution is -0.145. The number of nitrogens with two attached hydrogens (primary N) is 1. The highest BCUT2D eigenvalue weighted by atomic mass is 16.4. The van der Waals surface area contributed by atoms with Crippen LogP contribution in [0.4, 0.5) is 0 Å². The number of likely N-dealkylation sites (tertiary alicyclic amines) is 1. The summed E-state index contributed by atoms with van der Waals surface area (Å²) in [6.45, 7) is 3.51. The van der Waals surface area contributed by atoms with Gasteiger partial charge in [0, 0.05) is 25.2 Å². The molecule has 0 amide bonds. The summed E-state index contributed by atoms with van der Waals surface area (Å²) in [6, 6.07) is 10.4. The molecule has 1 unspecified atom stereocenters. The molecule has 0 aromatic heterocycles. The van der Waals surface area contributed by atoms with Crippen LogP contribution in [-0.2, 0) is 11.3 Å². The smallest absolute Gasteiger partial charge is 0.308 e. The maximum absolute atomic E-state index is 11.5. The highest BCUT2D eigenvalue weighted by Gasteiger charge is 2.35. The number of carbonyl (C=O) groups is 1. The number of benzene rings is 1. The third kappa shape index (κ3) is 3.58. The summed E-state index contributed by atoms with van der Waals surface area (Å²) in [5, 5.41) is 9.42. The number of hydrogen-bond acceptors (Lipinski definition) is 3.